The summed E-state index contributed by atoms with van der Waals surface area (Å²) in [7, 11) is 0. The maximum absolute atomic E-state index is 13.7. The third-order valence-corrected chi connectivity index (χ3v) is 5.93. The maximum Gasteiger partial charge on any atom is 0.128 e. The lowest BCUT2D eigenvalue weighted by molar-refractivity contribution is 0.436. The Kier molecular flexibility index (Phi) is 5.95. The van der Waals surface area contributed by atoms with Crippen LogP contribution in [0.2, 0.25) is 0 Å². The van der Waals surface area contributed by atoms with Crippen LogP contribution in [-0.4, -0.2) is 43.2 Å². The first-order valence-corrected chi connectivity index (χ1v) is 10.4. The molecular weight excluding hydrogens is 353 g/mol. The third-order valence-electron chi connectivity index (χ3n) is 5.93. The molecule has 5 nitrogen and oxygen atoms in total. The molecule has 150 valence electrons. The summed E-state index contributed by atoms with van der Waals surface area (Å²) in [5.41, 5.74) is 8.14. The first kappa shape index (κ1) is 19.0. The second-order valence-electron chi connectivity index (χ2n) is 7.89. The molecule has 3 heterocycles. The Balaban J connectivity index is 1.46. The highest BCUT2D eigenvalue weighted by molar-refractivity contribution is 5.55. The highest BCUT2D eigenvalue weighted by Crippen LogP contribution is 2.27. The largest absolute Gasteiger partial charge is 0.371 e. The van der Waals surface area contributed by atoms with E-state index in [-0.39, 0.29) is 17.9 Å². The lowest BCUT2D eigenvalue weighted by Gasteiger charge is -2.41. The molecule has 2 aromatic rings. The summed E-state index contributed by atoms with van der Waals surface area (Å²) in [5, 5.41) is 3.61. The molecule has 2 saturated heterocycles. The fourth-order valence-electron chi connectivity index (χ4n) is 4.42. The molecule has 2 aliphatic heterocycles. The molecule has 1 aromatic heterocycles. The zero-order valence-electron chi connectivity index (χ0n) is 16.4. The first-order valence-electron chi connectivity index (χ1n) is 10.4. The van der Waals surface area contributed by atoms with E-state index in [0.29, 0.717) is 6.54 Å². The summed E-state index contributed by atoms with van der Waals surface area (Å²) in [6, 6.07) is 11.6. The van der Waals surface area contributed by atoms with Gasteiger partial charge in [0.15, 0.2) is 0 Å². The number of aromatic nitrogens is 1. The summed E-state index contributed by atoms with van der Waals surface area (Å²) in [6.07, 6.45) is 7.75. The number of pyridine rings is 1. The van der Waals surface area contributed by atoms with Gasteiger partial charge in [0.25, 0.3) is 0 Å². The van der Waals surface area contributed by atoms with Gasteiger partial charge in [0.05, 0.1) is 0 Å². The standard InChI is InChI=1S/C22H30FN5/c23-17-5-4-6-20(13-17)28-16-18(7-8-21(28)15-24)26-22-14-19(9-10-25-22)27-11-2-1-3-12-27/h4-6,9-10,13-14,18,21H,1-3,7-8,11-12,15-16,24H2,(H,25,26)/t18-,21-/m0/s1. The van der Waals surface area contributed by atoms with E-state index in [4.69, 9.17) is 5.73 Å². The molecule has 0 radical (unpaired) electrons. The van der Waals surface area contributed by atoms with Crippen molar-refractivity contribution in [3.05, 3.63) is 48.4 Å². The first-order chi connectivity index (χ1) is 13.7. The van der Waals surface area contributed by atoms with Gasteiger partial charge in [0.2, 0.25) is 0 Å². The van der Waals surface area contributed by atoms with E-state index in [0.717, 1.165) is 44.0 Å². The van der Waals surface area contributed by atoms with Crippen molar-refractivity contribution in [2.45, 2.75) is 44.2 Å². The number of anilines is 3. The summed E-state index contributed by atoms with van der Waals surface area (Å²) in [4.78, 5) is 9.22. The molecule has 0 spiro atoms. The van der Waals surface area contributed by atoms with Crippen molar-refractivity contribution in [1.82, 2.24) is 4.98 Å². The number of nitrogens with two attached hydrogens (primary N) is 1. The molecule has 0 unspecified atom stereocenters. The van der Waals surface area contributed by atoms with E-state index < -0.39 is 0 Å². The van der Waals surface area contributed by atoms with Gasteiger partial charge in [-0.25, -0.2) is 9.37 Å². The summed E-state index contributed by atoms with van der Waals surface area (Å²) in [5.74, 6) is 0.706. The Morgan fingerprint density at radius 1 is 1.07 bits per heavy atom. The van der Waals surface area contributed by atoms with E-state index in [9.17, 15) is 4.39 Å². The molecule has 4 rings (SSSR count). The van der Waals surface area contributed by atoms with Gasteiger partial charge >= 0.3 is 0 Å². The molecule has 0 bridgehead atoms. The third kappa shape index (κ3) is 4.38. The van der Waals surface area contributed by atoms with E-state index in [2.05, 4.69) is 32.2 Å². The van der Waals surface area contributed by atoms with E-state index >= 15 is 0 Å². The van der Waals surface area contributed by atoms with E-state index in [1.807, 2.05) is 12.3 Å². The monoisotopic (exact) mass is 383 g/mol. The van der Waals surface area contributed by atoms with Crippen molar-refractivity contribution in [3.63, 3.8) is 0 Å². The zero-order chi connectivity index (χ0) is 19.3. The van der Waals surface area contributed by atoms with Crippen molar-refractivity contribution in [2.75, 3.05) is 41.3 Å². The zero-order valence-corrected chi connectivity index (χ0v) is 16.4. The SMILES string of the molecule is NC[C@@H]1CC[C@H](Nc2cc(N3CCCCC3)ccn2)CN1c1cccc(F)c1. The number of nitrogens with zero attached hydrogens (tertiary/aromatic N) is 3. The van der Waals surface area contributed by atoms with E-state index in [1.165, 1.54) is 31.0 Å². The summed E-state index contributed by atoms with van der Waals surface area (Å²) >= 11 is 0. The second kappa shape index (κ2) is 8.78. The van der Waals surface area contributed by atoms with Gasteiger partial charge in [-0.3, -0.25) is 0 Å². The van der Waals surface area contributed by atoms with Crippen LogP contribution in [0.5, 0.6) is 0 Å². The molecule has 28 heavy (non-hydrogen) atoms. The van der Waals surface area contributed by atoms with Gasteiger partial charge < -0.3 is 20.9 Å². The Morgan fingerprint density at radius 3 is 2.71 bits per heavy atom. The quantitative estimate of drug-likeness (QED) is 0.826. The molecule has 1 aromatic carbocycles. The predicted octanol–water partition coefficient (Wildman–Crippen LogP) is 3.62. The van der Waals surface area contributed by atoms with Crippen molar-refractivity contribution < 1.29 is 4.39 Å². The number of halogens is 1. The van der Waals surface area contributed by atoms with Gasteiger partial charge in [-0.2, -0.15) is 0 Å². The summed E-state index contributed by atoms with van der Waals surface area (Å²) < 4.78 is 13.7. The second-order valence-corrected chi connectivity index (χ2v) is 7.89. The minimum absolute atomic E-state index is 0.209. The van der Waals surface area contributed by atoms with Gasteiger partial charge in [0, 0.05) is 61.9 Å². The average molecular weight is 384 g/mol. The van der Waals surface area contributed by atoms with Gasteiger partial charge in [-0.1, -0.05) is 6.07 Å². The predicted molar refractivity (Wildman–Crippen MR) is 114 cm³/mol. The average Bonchev–Trinajstić information content (AvgIpc) is 2.74. The topological polar surface area (TPSA) is 57.4 Å². The van der Waals surface area contributed by atoms with Crippen molar-refractivity contribution in [1.29, 1.82) is 0 Å². The number of piperidine rings is 2. The maximum atomic E-state index is 13.7. The lowest BCUT2D eigenvalue weighted by Crippen LogP contribution is -2.51. The van der Waals surface area contributed by atoms with Crippen LogP contribution in [0.3, 0.4) is 0 Å². The highest BCUT2D eigenvalue weighted by atomic mass is 19.1. The molecule has 0 saturated carbocycles. The molecule has 3 N–H and O–H groups in total. The number of rotatable bonds is 5. The molecule has 2 aliphatic rings. The van der Waals surface area contributed by atoms with Crippen molar-refractivity contribution in [3.8, 4) is 0 Å². The van der Waals surface area contributed by atoms with Gasteiger partial charge in [-0.15, -0.1) is 0 Å². The minimum Gasteiger partial charge on any atom is -0.371 e. The van der Waals surface area contributed by atoms with Crippen molar-refractivity contribution in [2.24, 2.45) is 5.73 Å². The smallest absolute Gasteiger partial charge is 0.128 e. The van der Waals surface area contributed by atoms with E-state index in [1.54, 1.807) is 12.1 Å². The Labute approximate surface area is 166 Å². The normalized spacial score (nSPS) is 22.9. The van der Waals surface area contributed by atoms with Crippen LogP contribution >= 0.6 is 0 Å². The lowest BCUT2D eigenvalue weighted by atomic mass is 9.97. The fraction of sp³-hybridized carbons (Fsp3) is 0.500. The number of hydrogen-bond acceptors (Lipinski definition) is 5. The van der Waals surface area contributed by atoms with Gasteiger partial charge in [0.1, 0.15) is 11.6 Å². The molecule has 6 heteroatoms. The molecule has 0 amide bonds. The van der Waals surface area contributed by atoms with Crippen LogP contribution in [0.15, 0.2) is 42.6 Å². The van der Waals surface area contributed by atoms with Crippen LogP contribution in [0.25, 0.3) is 0 Å². The van der Waals surface area contributed by atoms with Crippen LogP contribution in [0.1, 0.15) is 32.1 Å². The van der Waals surface area contributed by atoms with Crippen LogP contribution in [0, 0.1) is 5.82 Å². The fourth-order valence-corrected chi connectivity index (χ4v) is 4.42. The Hall–Kier alpha value is -2.34. The molecular formula is C22H30FN5. The van der Waals surface area contributed by atoms with Crippen LogP contribution in [-0.2, 0) is 0 Å². The molecule has 0 aliphatic carbocycles. The summed E-state index contributed by atoms with van der Waals surface area (Å²) in [6.45, 7) is 3.61. The van der Waals surface area contributed by atoms with Crippen molar-refractivity contribution >= 4 is 17.2 Å². The minimum atomic E-state index is -0.209. The molecule has 2 fully saturated rings. The number of hydrogen-bond donors (Lipinski definition) is 2. The highest BCUT2D eigenvalue weighted by Gasteiger charge is 2.28. The van der Waals surface area contributed by atoms with Crippen LogP contribution in [0.4, 0.5) is 21.6 Å². The number of nitrogens with one attached hydrogen (secondary N) is 1. The Morgan fingerprint density at radius 2 is 1.93 bits per heavy atom. The number of benzene rings is 1. The molecule has 2 atom stereocenters. The van der Waals surface area contributed by atoms with Gasteiger partial charge in [-0.05, 0) is 56.4 Å². The van der Waals surface area contributed by atoms with Crippen LogP contribution < -0.4 is 20.9 Å². The Bertz CT molecular complexity index is 777.